The van der Waals surface area contributed by atoms with Gasteiger partial charge in [0, 0.05) is 25.2 Å². The Morgan fingerprint density at radius 2 is 1.95 bits per heavy atom. The summed E-state index contributed by atoms with van der Waals surface area (Å²) in [5.74, 6) is 0.549. The first kappa shape index (κ1) is 14.6. The highest BCUT2D eigenvalue weighted by Crippen LogP contribution is 2.20. The molecule has 0 spiro atoms. The van der Waals surface area contributed by atoms with E-state index in [0.717, 1.165) is 31.8 Å². The van der Waals surface area contributed by atoms with Gasteiger partial charge in [0.1, 0.15) is 12.4 Å². The minimum Gasteiger partial charge on any atom is -0.492 e. The molecule has 0 unspecified atom stereocenters. The van der Waals surface area contributed by atoms with Crippen LogP contribution in [0, 0.1) is 0 Å². The van der Waals surface area contributed by atoms with E-state index in [1.54, 1.807) is 0 Å². The summed E-state index contributed by atoms with van der Waals surface area (Å²) in [4.78, 5) is 13.6. The van der Waals surface area contributed by atoms with Crippen LogP contribution in [0.5, 0.6) is 5.75 Å². The summed E-state index contributed by atoms with van der Waals surface area (Å²) >= 11 is 0. The van der Waals surface area contributed by atoms with Crippen molar-refractivity contribution < 1.29 is 9.53 Å². The van der Waals surface area contributed by atoms with Gasteiger partial charge in [-0.15, -0.1) is 0 Å². The summed E-state index contributed by atoms with van der Waals surface area (Å²) in [5, 5.41) is 0. The van der Waals surface area contributed by atoms with Crippen molar-refractivity contribution in [3.63, 3.8) is 0 Å². The molecule has 2 N–H and O–H groups in total. The topological polar surface area (TPSA) is 55.6 Å². The number of hydrogen-bond donors (Lipinski definition) is 1. The zero-order valence-electron chi connectivity index (χ0n) is 12.5. The maximum Gasteiger partial charge on any atom is 0.248 e. The second kappa shape index (κ2) is 6.62. The first-order valence-corrected chi connectivity index (χ1v) is 7.54. The van der Waals surface area contributed by atoms with E-state index in [2.05, 4.69) is 4.90 Å². The van der Waals surface area contributed by atoms with Gasteiger partial charge in [-0.3, -0.25) is 9.69 Å². The average Bonchev–Trinajstić information content (AvgIpc) is 2.55. The Morgan fingerprint density at radius 3 is 2.73 bits per heavy atom. The van der Waals surface area contributed by atoms with Crippen molar-refractivity contribution in [3.8, 4) is 5.75 Å². The highest BCUT2D eigenvalue weighted by molar-refractivity contribution is 5.93. The molecule has 0 radical (unpaired) electrons. The van der Waals surface area contributed by atoms with Gasteiger partial charge >= 0.3 is 0 Å². The second-order valence-electron chi connectivity index (χ2n) is 5.54. The van der Waals surface area contributed by atoms with Gasteiger partial charge in [-0.25, -0.2) is 0 Å². The Morgan fingerprint density at radius 1 is 1.14 bits per heavy atom. The van der Waals surface area contributed by atoms with Crippen molar-refractivity contribution in [2.24, 2.45) is 5.73 Å². The van der Waals surface area contributed by atoms with Crippen LogP contribution in [0.1, 0.15) is 21.5 Å². The number of fused-ring (bicyclic) bond motifs is 1. The Kier molecular flexibility index (Phi) is 4.39. The molecule has 0 saturated carbocycles. The second-order valence-corrected chi connectivity index (χ2v) is 5.54. The van der Waals surface area contributed by atoms with Crippen LogP contribution in [-0.2, 0) is 13.0 Å². The molecule has 22 heavy (non-hydrogen) atoms. The molecule has 1 aliphatic heterocycles. The minimum absolute atomic E-state index is 0.360. The predicted octanol–water partition coefficient (Wildman–Crippen LogP) is 2.22. The molecule has 0 atom stereocenters. The molecule has 114 valence electrons. The number of benzene rings is 2. The van der Waals surface area contributed by atoms with Crippen LogP contribution in [0.4, 0.5) is 0 Å². The number of hydrogen-bond acceptors (Lipinski definition) is 3. The van der Waals surface area contributed by atoms with Crippen molar-refractivity contribution in [2.45, 2.75) is 13.0 Å². The molecule has 4 heteroatoms. The fourth-order valence-corrected chi connectivity index (χ4v) is 2.76. The van der Waals surface area contributed by atoms with Crippen molar-refractivity contribution in [2.75, 3.05) is 19.7 Å². The maximum absolute atomic E-state index is 11.2. The number of amides is 1. The van der Waals surface area contributed by atoms with Crippen LogP contribution < -0.4 is 10.5 Å². The standard InChI is InChI=1S/C18H20N2O2/c19-18(21)15-6-7-16-13-20(9-8-14(16)12-15)10-11-22-17-4-2-1-3-5-17/h1-7,12H,8-11,13H2,(H2,19,21). The number of para-hydroxylation sites is 1. The van der Waals surface area contributed by atoms with Gasteiger partial charge in [-0.05, 0) is 41.8 Å². The predicted molar refractivity (Wildman–Crippen MR) is 85.9 cm³/mol. The lowest BCUT2D eigenvalue weighted by Gasteiger charge is -2.28. The van der Waals surface area contributed by atoms with E-state index in [9.17, 15) is 4.79 Å². The Balaban J connectivity index is 1.55. The number of carbonyl (C=O) groups is 1. The normalized spacial score (nSPS) is 14.4. The lowest BCUT2D eigenvalue weighted by atomic mass is 9.97. The molecule has 0 bridgehead atoms. The van der Waals surface area contributed by atoms with Crippen LogP contribution in [0.2, 0.25) is 0 Å². The van der Waals surface area contributed by atoms with Gasteiger partial charge in [0.05, 0.1) is 0 Å². The van der Waals surface area contributed by atoms with Crippen LogP contribution in [0.25, 0.3) is 0 Å². The number of nitrogens with two attached hydrogens (primary N) is 1. The zero-order valence-corrected chi connectivity index (χ0v) is 12.5. The van der Waals surface area contributed by atoms with E-state index in [1.807, 2.05) is 48.5 Å². The minimum atomic E-state index is -0.360. The summed E-state index contributed by atoms with van der Waals surface area (Å²) in [7, 11) is 0. The molecule has 1 heterocycles. The molecule has 0 aromatic heterocycles. The molecule has 0 saturated heterocycles. The van der Waals surface area contributed by atoms with E-state index in [1.165, 1.54) is 11.1 Å². The van der Waals surface area contributed by atoms with Crippen molar-refractivity contribution >= 4 is 5.91 Å². The highest BCUT2D eigenvalue weighted by Gasteiger charge is 2.17. The molecule has 1 aliphatic rings. The Hall–Kier alpha value is -2.33. The van der Waals surface area contributed by atoms with E-state index in [4.69, 9.17) is 10.5 Å². The fraction of sp³-hybridized carbons (Fsp3) is 0.278. The van der Waals surface area contributed by atoms with Gasteiger partial charge in [0.2, 0.25) is 5.91 Å². The molecule has 4 nitrogen and oxygen atoms in total. The summed E-state index contributed by atoms with van der Waals surface area (Å²) in [6.45, 7) is 3.45. The van der Waals surface area contributed by atoms with Crippen molar-refractivity contribution in [3.05, 3.63) is 65.2 Å². The third kappa shape index (κ3) is 3.46. The molecule has 2 aromatic carbocycles. The van der Waals surface area contributed by atoms with Crippen molar-refractivity contribution in [1.82, 2.24) is 4.90 Å². The molecule has 3 rings (SSSR count). The Labute approximate surface area is 130 Å². The Bertz CT molecular complexity index is 655. The number of rotatable bonds is 5. The van der Waals surface area contributed by atoms with Crippen molar-refractivity contribution in [1.29, 1.82) is 0 Å². The summed E-state index contributed by atoms with van der Waals surface area (Å²) < 4.78 is 5.74. The number of nitrogens with zero attached hydrogens (tertiary/aromatic N) is 1. The largest absolute Gasteiger partial charge is 0.492 e. The summed E-state index contributed by atoms with van der Waals surface area (Å²) in [5.41, 5.74) is 8.43. The van der Waals surface area contributed by atoms with Crippen LogP contribution >= 0.6 is 0 Å². The maximum atomic E-state index is 11.2. The third-order valence-electron chi connectivity index (χ3n) is 4.00. The van der Waals surface area contributed by atoms with Crippen LogP contribution in [-0.4, -0.2) is 30.5 Å². The zero-order chi connectivity index (χ0) is 15.4. The smallest absolute Gasteiger partial charge is 0.248 e. The summed E-state index contributed by atoms with van der Waals surface area (Å²) in [6.07, 6.45) is 0.946. The number of primary amides is 1. The SMILES string of the molecule is NC(=O)c1ccc2c(c1)CCN(CCOc1ccccc1)C2. The fourth-order valence-electron chi connectivity index (χ4n) is 2.76. The van der Waals surface area contributed by atoms with Gasteiger partial charge < -0.3 is 10.5 Å². The molecular formula is C18H20N2O2. The number of carbonyl (C=O) groups excluding carboxylic acids is 1. The van der Waals surface area contributed by atoms with Crippen LogP contribution in [0.3, 0.4) is 0 Å². The highest BCUT2D eigenvalue weighted by atomic mass is 16.5. The van der Waals surface area contributed by atoms with E-state index < -0.39 is 0 Å². The lowest BCUT2D eigenvalue weighted by Crippen LogP contribution is -2.34. The van der Waals surface area contributed by atoms with Gasteiger partial charge in [-0.1, -0.05) is 24.3 Å². The quantitative estimate of drug-likeness (QED) is 0.920. The van der Waals surface area contributed by atoms with E-state index in [-0.39, 0.29) is 5.91 Å². The van der Waals surface area contributed by atoms with Gasteiger partial charge in [0.25, 0.3) is 0 Å². The summed E-state index contributed by atoms with van der Waals surface area (Å²) in [6, 6.07) is 15.6. The molecule has 0 fully saturated rings. The van der Waals surface area contributed by atoms with Crippen LogP contribution in [0.15, 0.2) is 48.5 Å². The molecular weight excluding hydrogens is 276 g/mol. The van der Waals surface area contributed by atoms with Gasteiger partial charge in [-0.2, -0.15) is 0 Å². The molecule has 1 amide bonds. The van der Waals surface area contributed by atoms with E-state index in [0.29, 0.717) is 12.2 Å². The lowest BCUT2D eigenvalue weighted by molar-refractivity contribution is 0.1000. The average molecular weight is 296 g/mol. The monoisotopic (exact) mass is 296 g/mol. The number of ether oxygens (including phenoxy) is 1. The molecule has 0 aliphatic carbocycles. The van der Waals surface area contributed by atoms with E-state index >= 15 is 0 Å². The first-order chi connectivity index (χ1) is 10.7. The van der Waals surface area contributed by atoms with Gasteiger partial charge in [0.15, 0.2) is 0 Å². The molecule has 2 aromatic rings. The third-order valence-corrected chi connectivity index (χ3v) is 4.00. The first-order valence-electron chi connectivity index (χ1n) is 7.54.